The summed E-state index contributed by atoms with van der Waals surface area (Å²) < 4.78 is 2.38. The first-order valence-corrected chi connectivity index (χ1v) is 2.84. The number of nitrogen functional groups attached to an aromatic ring is 2. The minimum Gasteiger partial charge on any atom is -0.368 e. The van der Waals surface area contributed by atoms with Crippen molar-refractivity contribution in [1.82, 2.24) is 15.0 Å². The Morgan fingerprint density at radius 3 is 2.00 bits per heavy atom. The van der Waals surface area contributed by atoms with Crippen molar-refractivity contribution in [2.24, 2.45) is 0 Å². The zero-order valence-electron chi connectivity index (χ0n) is 4.94. The highest BCUT2D eigenvalue weighted by Crippen LogP contribution is 2.02. The molecule has 0 aliphatic rings. The predicted octanol–water partition coefficient (Wildman–Crippen LogP) is -0.707. The average molecular weight is 158 g/mol. The Morgan fingerprint density at radius 2 is 1.60 bits per heavy atom. The second-order valence-electron chi connectivity index (χ2n) is 1.49. The van der Waals surface area contributed by atoms with E-state index in [0.29, 0.717) is 0 Å². The number of nitrogens with one attached hydrogen (secondary N) is 1. The standard InChI is InChI=1S/C3H6N6S/c4-1-6-2(5)8-3(7-1)9-10/h10H,(H5,4,5,6,7,8,9). The van der Waals surface area contributed by atoms with Gasteiger partial charge in [0, 0.05) is 0 Å². The third-order valence-electron chi connectivity index (χ3n) is 0.770. The van der Waals surface area contributed by atoms with E-state index in [0.717, 1.165) is 0 Å². The molecule has 0 amide bonds. The lowest BCUT2D eigenvalue weighted by Gasteiger charge is -1.97. The van der Waals surface area contributed by atoms with Crippen LogP contribution in [0.25, 0.3) is 0 Å². The minimum atomic E-state index is 0.0732. The maximum atomic E-state index is 5.22. The molecule has 5 N–H and O–H groups in total. The van der Waals surface area contributed by atoms with E-state index in [1.807, 2.05) is 0 Å². The van der Waals surface area contributed by atoms with Gasteiger partial charge in [0.05, 0.1) is 0 Å². The smallest absolute Gasteiger partial charge is 0.239 e. The molecule has 1 aromatic heterocycles. The summed E-state index contributed by atoms with van der Waals surface area (Å²) in [7, 11) is 0. The van der Waals surface area contributed by atoms with Gasteiger partial charge in [-0.2, -0.15) is 15.0 Å². The monoisotopic (exact) mass is 158 g/mol. The summed E-state index contributed by atoms with van der Waals surface area (Å²) in [6.07, 6.45) is 0. The van der Waals surface area contributed by atoms with Crippen molar-refractivity contribution < 1.29 is 0 Å². The Hall–Kier alpha value is -1.24. The Balaban J connectivity index is 3.06. The molecule has 0 radical (unpaired) electrons. The fraction of sp³-hybridized carbons (Fsp3) is 0. The van der Waals surface area contributed by atoms with Gasteiger partial charge in [0.15, 0.2) is 0 Å². The van der Waals surface area contributed by atoms with Crippen LogP contribution >= 0.6 is 12.8 Å². The Kier molecular flexibility index (Phi) is 1.76. The summed E-state index contributed by atoms with van der Waals surface area (Å²) in [4.78, 5) is 10.8. The second-order valence-corrected chi connectivity index (χ2v) is 1.71. The van der Waals surface area contributed by atoms with E-state index in [-0.39, 0.29) is 17.8 Å². The fourth-order valence-electron chi connectivity index (χ4n) is 0.459. The van der Waals surface area contributed by atoms with Gasteiger partial charge in [-0.15, -0.1) is 0 Å². The van der Waals surface area contributed by atoms with Crippen molar-refractivity contribution in [3.8, 4) is 0 Å². The number of rotatable bonds is 1. The van der Waals surface area contributed by atoms with Crippen LogP contribution in [0.3, 0.4) is 0 Å². The summed E-state index contributed by atoms with van der Waals surface area (Å²) in [6.45, 7) is 0. The van der Waals surface area contributed by atoms with Gasteiger partial charge in [-0.05, 0) is 0 Å². The van der Waals surface area contributed by atoms with Crippen molar-refractivity contribution in [3.63, 3.8) is 0 Å². The van der Waals surface area contributed by atoms with Gasteiger partial charge in [0.25, 0.3) is 0 Å². The lowest BCUT2D eigenvalue weighted by atomic mass is 10.8. The maximum Gasteiger partial charge on any atom is 0.239 e. The largest absolute Gasteiger partial charge is 0.368 e. The number of hydrogen-bond donors (Lipinski definition) is 4. The molecule has 0 saturated carbocycles. The Labute approximate surface area is 62.6 Å². The lowest BCUT2D eigenvalue weighted by molar-refractivity contribution is 1.09. The SMILES string of the molecule is Nc1nc(N)nc(NS)n1. The predicted molar refractivity (Wildman–Crippen MR) is 41.3 cm³/mol. The highest BCUT2D eigenvalue weighted by Gasteiger charge is 1.97. The Morgan fingerprint density at radius 1 is 1.10 bits per heavy atom. The van der Waals surface area contributed by atoms with Gasteiger partial charge >= 0.3 is 0 Å². The molecule has 0 unspecified atom stereocenters. The molecule has 0 fully saturated rings. The first-order valence-electron chi connectivity index (χ1n) is 2.39. The lowest BCUT2D eigenvalue weighted by Crippen LogP contribution is -2.04. The van der Waals surface area contributed by atoms with Crippen LogP contribution in [-0.4, -0.2) is 15.0 Å². The van der Waals surface area contributed by atoms with Crippen molar-refractivity contribution in [2.75, 3.05) is 16.2 Å². The molecule has 7 heteroatoms. The first kappa shape index (κ1) is 6.87. The number of thiol groups is 1. The molecule has 0 atom stereocenters. The third kappa shape index (κ3) is 1.38. The van der Waals surface area contributed by atoms with Gasteiger partial charge in [-0.25, -0.2) is 0 Å². The molecule has 0 aromatic carbocycles. The molecule has 1 aromatic rings. The molecule has 10 heavy (non-hydrogen) atoms. The van der Waals surface area contributed by atoms with Crippen LogP contribution in [0.1, 0.15) is 0 Å². The molecule has 0 aliphatic heterocycles. The molecule has 6 nitrogen and oxygen atoms in total. The minimum absolute atomic E-state index is 0.0732. The quantitative estimate of drug-likeness (QED) is 0.403. The van der Waals surface area contributed by atoms with E-state index in [1.54, 1.807) is 0 Å². The van der Waals surface area contributed by atoms with Crippen LogP contribution < -0.4 is 16.2 Å². The summed E-state index contributed by atoms with van der Waals surface area (Å²) in [5, 5.41) is 0. The second kappa shape index (κ2) is 2.56. The van der Waals surface area contributed by atoms with Crippen LogP contribution in [0.2, 0.25) is 0 Å². The summed E-state index contributed by atoms with van der Waals surface area (Å²) in [6, 6.07) is 0. The molecule has 0 saturated heterocycles. The third-order valence-corrected chi connectivity index (χ3v) is 0.970. The van der Waals surface area contributed by atoms with Crippen LogP contribution in [0.5, 0.6) is 0 Å². The number of nitrogens with zero attached hydrogens (tertiary/aromatic N) is 3. The highest BCUT2D eigenvalue weighted by atomic mass is 32.1. The normalized spacial score (nSPS) is 9.30. The van der Waals surface area contributed by atoms with Gasteiger partial charge in [0.1, 0.15) is 0 Å². The van der Waals surface area contributed by atoms with Crippen molar-refractivity contribution in [1.29, 1.82) is 0 Å². The van der Waals surface area contributed by atoms with Gasteiger partial charge in [0.2, 0.25) is 17.8 Å². The van der Waals surface area contributed by atoms with Crippen molar-refractivity contribution in [2.45, 2.75) is 0 Å². The molecule has 1 heterocycles. The van der Waals surface area contributed by atoms with Gasteiger partial charge in [-0.3, -0.25) is 0 Å². The topological polar surface area (TPSA) is 103 Å². The Bertz CT molecular complexity index is 216. The van der Waals surface area contributed by atoms with E-state index < -0.39 is 0 Å². The molecule has 1 rings (SSSR count). The van der Waals surface area contributed by atoms with Crippen LogP contribution in [-0.2, 0) is 0 Å². The first-order chi connectivity index (χ1) is 4.72. The summed E-state index contributed by atoms with van der Waals surface area (Å²) in [5.74, 6) is 0.390. The number of nitrogens with two attached hydrogens (primary N) is 2. The number of hydrogen-bond acceptors (Lipinski definition) is 7. The van der Waals surface area contributed by atoms with Crippen LogP contribution in [0.4, 0.5) is 17.8 Å². The number of anilines is 3. The van der Waals surface area contributed by atoms with Crippen LogP contribution in [0.15, 0.2) is 0 Å². The van der Waals surface area contributed by atoms with Gasteiger partial charge in [-0.1, -0.05) is 12.8 Å². The zero-order valence-corrected chi connectivity index (χ0v) is 5.84. The average Bonchev–Trinajstić information content (AvgIpc) is 1.85. The summed E-state index contributed by atoms with van der Waals surface area (Å²) >= 11 is 3.69. The molecule has 0 spiro atoms. The van der Waals surface area contributed by atoms with Crippen molar-refractivity contribution in [3.05, 3.63) is 0 Å². The molecule has 0 aliphatic carbocycles. The van der Waals surface area contributed by atoms with Gasteiger partial charge < -0.3 is 16.2 Å². The van der Waals surface area contributed by atoms with E-state index in [9.17, 15) is 0 Å². The highest BCUT2D eigenvalue weighted by molar-refractivity contribution is 7.81. The van der Waals surface area contributed by atoms with E-state index >= 15 is 0 Å². The number of aromatic nitrogens is 3. The molecular formula is C3H6N6S. The molecule has 54 valence electrons. The zero-order chi connectivity index (χ0) is 7.56. The maximum absolute atomic E-state index is 5.22. The summed E-state index contributed by atoms with van der Waals surface area (Å²) in [5.41, 5.74) is 10.4. The fourth-order valence-corrected chi connectivity index (χ4v) is 0.559. The molecule has 0 bridgehead atoms. The van der Waals surface area contributed by atoms with E-state index in [1.165, 1.54) is 0 Å². The van der Waals surface area contributed by atoms with Crippen LogP contribution in [0, 0.1) is 0 Å². The van der Waals surface area contributed by atoms with Crippen molar-refractivity contribution >= 4 is 30.7 Å². The van der Waals surface area contributed by atoms with E-state index in [4.69, 9.17) is 11.5 Å². The van der Waals surface area contributed by atoms with E-state index in [2.05, 4.69) is 32.5 Å². The molecular weight excluding hydrogens is 152 g/mol.